The lowest BCUT2D eigenvalue weighted by molar-refractivity contribution is -0.538. The third-order valence-electron chi connectivity index (χ3n) is 4.95. The lowest BCUT2D eigenvalue weighted by atomic mass is 9.94. The van der Waals surface area contributed by atoms with Crippen molar-refractivity contribution in [3.63, 3.8) is 0 Å². The zero-order valence-electron chi connectivity index (χ0n) is 13.7. The second kappa shape index (κ2) is 7.31. The molecule has 25 heavy (non-hydrogen) atoms. The minimum absolute atomic E-state index is 0.133. The molecule has 1 saturated carbocycles. The molecule has 2 fully saturated rings. The van der Waals surface area contributed by atoms with Crippen LogP contribution in [0.5, 0.6) is 0 Å². The Morgan fingerprint density at radius 2 is 2.04 bits per heavy atom. The molecular weight excluding hydrogens is 336 g/mol. The Balaban J connectivity index is 1.71. The van der Waals surface area contributed by atoms with Crippen LogP contribution in [-0.2, 0) is 9.47 Å². The maximum Gasteiger partial charge on any atom is 0.245 e. The number of aliphatic hydroxyl groups is 1. The molecule has 3 unspecified atom stereocenters. The Labute approximate surface area is 143 Å². The predicted octanol–water partition coefficient (Wildman–Crippen LogP) is 3.11. The van der Waals surface area contributed by atoms with E-state index < -0.39 is 46.2 Å². The van der Waals surface area contributed by atoms with Crippen molar-refractivity contribution in [1.29, 1.82) is 0 Å². The summed E-state index contributed by atoms with van der Waals surface area (Å²) in [7, 11) is 0. The molecule has 8 heteroatoms. The van der Waals surface area contributed by atoms with Gasteiger partial charge >= 0.3 is 0 Å². The van der Waals surface area contributed by atoms with Gasteiger partial charge in [-0.1, -0.05) is 6.42 Å². The van der Waals surface area contributed by atoms with Crippen LogP contribution in [0, 0.1) is 21.7 Å². The highest BCUT2D eigenvalue weighted by Gasteiger charge is 2.45. The fourth-order valence-corrected chi connectivity index (χ4v) is 3.63. The molecule has 0 bridgehead atoms. The highest BCUT2D eigenvalue weighted by atomic mass is 19.1. The van der Waals surface area contributed by atoms with Crippen molar-refractivity contribution < 1.29 is 28.3 Å². The lowest BCUT2D eigenvalue weighted by Crippen LogP contribution is -2.36. The second-order valence-electron chi connectivity index (χ2n) is 6.72. The third-order valence-corrected chi connectivity index (χ3v) is 4.95. The highest BCUT2D eigenvalue weighted by Crippen LogP contribution is 2.39. The molecule has 1 aliphatic heterocycles. The van der Waals surface area contributed by atoms with Crippen LogP contribution in [0.25, 0.3) is 0 Å². The molecule has 138 valence electrons. The highest BCUT2D eigenvalue weighted by molar-refractivity contribution is 5.22. The van der Waals surface area contributed by atoms with Gasteiger partial charge in [-0.25, -0.2) is 8.78 Å². The van der Waals surface area contributed by atoms with Crippen LogP contribution >= 0.6 is 0 Å². The molecule has 3 atom stereocenters. The summed E-state index contributed by atoms with van der Waals surface area (Å²) in [6.07, 6.45) is 2.09. The number of halogens is 2. The number of aliphatic hydroxyl groups excluding tert-OH is 1. The van der Waals surface area contributed by atoms with Crippen molar-refractivity contribution in [2.24, 2.45) is 0 Å². The number of hydrogen-bond acceptors (Lipinski definition) is 5. The van der Waals surface area contributed by atoms with Gasteiger partial charge in [-0.2, -0.15) is 0 Å². The van der Waals surface area contributed by atoms with Gasteiger partial charge < -0.3 is 14.6 Å². The molecule has 3 rings (SSSR count). The minimum atomic E-state index is -1.77. The molecule has 1 aromatic rings. The molecule has 0 radical (unpaired) electrons. The van der Waals surface area contributed by atoms with Gasteiger partial charge in [-0.05, 0) is 31.0 Å². The normalized spacial score (nSPS) is 25.0. The third kappa shape index (κ3) is 3.96. The summed E-state index contributed by atoms with van der Waals surface area (Å²) in [6.45, 7) is 0.197. The maximum absolute atomic E-state index is 13.8. The van der Waals surface area contributed by atoms with E-state index in [0.717, 1.165) is 50.3 Å². The largest absolute Gasteiger partial charge is 0.381 e. The van der Waals surface area contributed by atoms with Gasteiger partial charge in [0, 0.05) is 29.7 Å². The summed E-state index contributed by atoms with van der Waals surface area (Å²) in [5, 5.41) is 21.7. The molecule has 2 aliphatic rings. The van der Waals surface area contributed by atoms with E-state index in [2.05, 4.69) is 0 Å². The van der Waals surface area contributed by atoms with Gasteiger partial charge in [0.15, 0.2) is 5.79 Å². The van der Waals surface area contributed by atoms with Crippen LogP contribution in [0.4, 0.5) is 8.78 Å². The molecule has 1 heterocycles. The first-order chi connectivity index (χ1) is 11.9. The molecule has 1 aliphatic carbocycles. The quantitative estimate of drug-likeness (QED) is 0.647. The van der Waals surface area contributed by atoms with Crippen LogP contribution < -0.4 is 0 Å². The van der Waals surface area contributed by atoms with Crippen LogP contribution in [-0.4, -0.2) is 34.6 Å². The summed E-state index contributed by atoms with van der Waals surface area (Å²) in [4.78, 5) is 10.7. The average molecular weight is 357 g/mol. The van der Waals surface area contributed by atoms with Gasteiger partial charge in [0.25, 0.3) is 0 Å². The van der Waals surface area contributed by atoms with Gasteiger partial charge in [0.05, 0.1) is 12.7 Å². The van der Waals surface area contributed by atoms with Gasteiger partial charge in [-0.15, -0.1) is 0 Å². The lowest BCUT2D eigenvalue weighted by Gasteiger charge is -2.31. The molecular formula is C17H21F2NO5. The van der Waals surface area contributed by atoms with Gasteiger partial charge in [0.2, 0.25) is 6.04 Å². The maximum atomic E-state index is 13.8. The number of ether oxygens (including phenoxy) is 2. The SMILES string of the molecule is O=[N+]([O-])C(CC1COC2(CCCCC2)O1)C(O)c1cc(F)ccc1F. The number of nitrogens with zero attached hydrogens (tertiary/aromatic N) is 1. The fourth-order valence-electron chi connectivity index (χ4n) is 3.63. The van der Waals surface area contributed by atoms with E-state index in [4.69, 9.17) is 9.47 Å². The van der Waals surface area contributed by atoms with E-state index in [1.807, 2.05) is 0 Å². The van der Waals surface area contributed by atoms with Crippen LogP contribution in [0.3, 0.4) is 0 Å². The van der Waals surface area contributed by atoms with E-state index in [-0.39, 0.29) is 13.0 Å². The molecule has 1 aromatic carbocycles. The van der Waals surface area contributed by atoms with E-state index >= 15 is 0 Å². The van der Waals surface area contributed by atoms with E-state index in [1.165, 1.54) is 0 Å². The second-order valence-corrected chi connectivity index (χ2v) is 6.72. The Morgan fingerprint density at radius 1 is 1.32 bits per heavy atom. The Hall–Kier alpha value is -1.64. The number of hydrogen-bond donors (Lipinski definition) is 1. The Kier molecular flexibility index (Phi) is 5.31. The van der Waals surface area contributed by atoms with E-state index in [0.29, 0.717) is 0 Å². The van der Waals surface area contributed by atoms with Crippen LogP contribution in [0.2, 0.25) is 0 Å². The first kappa shape index (κ1) is 18.2. The average Bonchev–Trinajstić information content (AvgIpc) is 2.97. The Morgan fingerprint density at radius 3 is 2.72 bits per heavy atom. The van der Waals surface area contributed by atoms with Gasteiger partial charge in [-0.3, -0.25) is 10.1 Å². The van der Waals surface area contributed by atoms with Crippen LogP contribution in [0.15, 0.2) is 18.2 Å². The minimum Gasteiger partial charge on any atom is -0.381 e. The Bertz CT molecular complexity index is 635. The summed E-state index contributed by atoms with van der Waals surface area (Å²) < 4.78 is 38.8. The van der Waals surface area contributed by atoms with Gasteiger partial charge in [0.1, 0.15) is 17.7 Å². The van der Waals surface area contributed by atoms with Crippen molar-refractivity contribution >= 4 is 0 Å². The number of benzene rings is 1. The van der Waals surface area contributed by atoms with Crippen molar-refractivity contribution in [3.8, 4) is 0 Å². The standard InChI is InChI=1S/C17H21F2NO5/c18-11-4-5-14(19)13(8-11)16(21)15(20(22)23)9-12-10-24-17(25-12)6-2-1-3-7-17/h4-5,8,12,15-16,21H,1-3,6-7,9-10H2. The number of nitro groups is 1. The molecule has 1 spiro atoms. The van der Waals surface area contributed by atoms with Crippen molar-refractivity contribution in [3.05, 3.63) is 45.5 Å². The fraction of sp³-hybridized carbons (Fsp3) is 0.647. The van der Waals surface area contributed by atoms with E-state index in [9.17, 15) is 24.0 Å². The molecule has 1 saturated heterocycles. The van der Waals surface area contributed by atoms with Crippen molar-refractivity contribution in [2.75, 3.05) is 6.61 Å². The first-order valence-corrected chi connectivity index (χ1v) is 8.48. The zero-order chi connectivity index (χ0) is 18.0. The predicted molar refractivity (Wildman–Crippen MR) is 83.4 cm³/mol. The smallest absolute Gasteiger partial charge is 0.245 e. The van der Waals surface area contributed by atoms with Crippen molar-refractivity contribution in [2.45, 2.75) is 62.6 Å². The molecule has 0 amide bonds. The van der Waals surface area contributed by atoms with Crippen molar-refractivity contribution in [1.82, 2.24) is 0 Å². The monoisotopic (exact) mass is 357 g/mol. The number of rotatable bonds is 5. The molecule has 0 aromatic heterocycles. The summed E-state index contributed by atoms with van der Waals surface area (Å²) in [5.74, 6) is -2.33. The van der Waals surface area contributed by atoms with Crippen LogP contribution in [0.1, 0.15) is 50.2 Å². The summed E-state index contributed by atoms with van der Waals surface area (Å²) >= 11 is 0. The zero-order valence-corrected chi connectivity index (χ0v) is 13.7. The summed E-state index contributed by atoms with van der Waals surface area (Å²) in [5.41, 5.74) is -0.423. The summed E-state index contributed by atoms with van der Waals surface area (Å²) in [6, 6.07) is 1.01. The first-order valence-electron chi connectivity index (χ1n) is 8.48. The topological polar surface area (TPSA) is 81.8 Å². The molecule has 6 nitrogen and oxygen atoms in total. The van der Waals surface area contributed by atoms with E-state index in [1.54, 1.807) is 0 Å². The molecule has 1 N–H and O–H groups in total.